The molecule has 3 rings (SSSR count). The quantitative estimate of drug-likeness (QED) is 0.560. The number of aliphatic hydroxyl groups is 1. The molecule has 1 aliphatic rings. The van der Waals surface area contributed by atoms with Crippen LogP contribution in [-0.4, -0.2) is 41.0 Å². The van der Waals surface area contributed by atoms with Crippen LogP contribution >= 0.6 is 11.3 Å². The van der Waals surface area contributed by atoms with E-state index in [0.717, 1.165) is 35.5 Å². The van der Waals surface area contributed by atoms with Crippen LogP contribution in [0.5, 0.6) is 0 Å². The van der Waals surface area contributed by atoms with Gasteiger partial charge in [-0.25, -0.2) is 9.78 Å². The molecule has 2 N–H and O–H groups in total. The van der Waals surface area contributed by atoms with E-state index in [0.29, 0.717) is 18.5 Å². The number of rotatable bonds is 9. The Hall–Kier alpha value is -2.12. The second-order valence-corrected chi connectivity index (χ2v) is 10.3. The standard InChI is InChI=1S/C24H35N3O3S/c1-16(10-11-28)14-27(20-8-9-20)21-12-18(22-17(2)26-15-31-22)6-7-19(21)13-25-23(29)30-24(3,4)5/h6-7,12,15-16,20,28H,8-11,13-14H2,1-5H3,(H,25,29). The predicted molar refractivity (Wildman–Crippen MR) is 127 cm³/mol. The van der Waals surface area contributed by atoms with Gasteiger partial charge in [-0.15, -0.1) is 11.3 Å². The number of nitrogens with one attached hydrogen (secondary N) is 1. The molecule has 2 aromatic rings. The predicted octanol–water partition coefficient (Wildman–Crippen LogP) is 5.13. The van der Waals surface area contributed by atoms with Gasteiger partial charge in [0.2, 0.25) is 0 Å². The van der Waals surface area contributed by atoms with Crippen molar-refractivity contribution in [2.75, 3.05) is 18.1 Å². The van der Waals surface area contributed by atoms with Gasteiger partial charge in [0.1, 0.15) is 5.60 Å². The number of hydrogen-bond donors (Lipinski definition) is 2. The molecule has 1 aliphatic carbocycles. The van der Waals surface area contributed by atoms with Crippen LogP contribution in [0.1, 0.15) is 58.2 Å². The molecule has 1 amide bonds. The molecule has 170 valence electrons. The van der Waals surface area contributed by atoms with Crippen LogP contribution in [0.2, 0.25) is 0 Å². The number of hydrogen-bond acceptors (Lipinski definition) is 6. The van der Waals surface area contributed by atoms with Crippen molar-refractivity contribution in [3.05, 3.63) is 35.0 Å². The largest absolute Gasteiger partial charge is 0.444 e. The van der Waals surface area contributed by atoms with Crippen LogP contribution in [0.4, 0.5) is 10.5 Å². The summed E-state index contributed by atoms with van der Waals surface area (Å²) in [7, 11) is 0. The van der Waals surface area contributed by atoms with Crippen molar-refractivity contribution in [2.24, 2.45) is 5.92 Å². The van der Waals surface area contributed by atoms with Gasteiger partial charge in [-0.3, -0.25) is 0 Å². The molecule has 7 heteroatoms. The number of anilines is 1. The van der Waals surface area contributed by atoms with Gasteiger partial charge in [-0.05, 0) is 70.1 Å². The SMILES string of the molecule is Cc1ncsc1-c1ccc(CNC(=O)OC(C)(C)C)c(N(CC(C)CCO)C2CC2)c1. The minimum Gasteiger partial charge on any atom is -0.444 e. The average molecular weight is 446 g/mol. The first-order valence-electron chi connectivity index (χ1n) is 11.1. The second kappa shape index (κ2) is 10.0. The summed E-state index contributed by atoms with van der Waals surface area (Å²) in [5.74, 6) is 0.381. The maximum atomic E-state index is 12.2. The lowest BCUT2D eigenvalue weighted by atomic mass is 10.0. The summed E-state index contributed by atoms with van der Waals surface area (Å²) in [5, 5.41) is 12.3. The maximum absolute atomic E-state index is 12.2. The molecule has 1 aromatic carbocycles. The van der Waals surface area contributed by atoms with Crippen molar-refractivity contribution in [3.8, 4) is 10.4 Å². The molecule has 1 aromatic heterocycles. The highest BCUT2D eigenvalue weighted by Gasteiger charge is 2.31. The first kappa shape index (κ1) is 23.5. The van der Waals surface area contributed by atoms with Gasteiger partial charge in [0, 0.05) is 31.4 Å². The number of alkyl carbamates (subject to hydrolysis) is 1. The molecule has 0 aliphatic heterocycles. The highest BCUT2D eigenvalue weighted by Crippen LogP contribution is 2.38. The Morgan fingerprint density at radius 1 is 1.39 bits per heavy atom. The van der Waals surface area contributed by atoms with E-state index in [1.165, 1.54) is 17.7 Å². The summed E-state index contributed by atoms with van der Waals surface area (Å²) in [6.07, 6.45) is 2.72. The van der Waals surface area contributed by atoms with E-state index < -0.39 is 11.7 Å². The third-order valence-corrected chi connectivity index (χ3v) is 6.32. The van der Waals surface area contributed by atoms with Crippen molar-refractivity contribution >= 4 is 23.1 Å². The van der Waals surface area contributed by atoms with Gasteiger partial charge >= 0.3 is 6.09 Å². The highest BCUT2D eigenvalue weighted by molar-refractivity contribution is 7.13. The highest BCUT2D eigenvalue weighted by atomic mass is 32.1. The number of aromatic nitrogens is 1. The van der Waals surface area contributed by atoms with Crippen molar-refractivity contribution in [2.45, 2.75) is 72.1 Å². The zero-order valence-electron chi connectivity index (χ0n) is 19.3. The Labute approximate surface area is 189 Å². The zero-order chi connectivity index (χ0) is 22.6. The van der Waals surface area contributed by atoms with Gasteiger partial charge in [0.25, 0.3) is 0 Å². The number of carbonyl (C=O) groups is 1. The van der Waals surface area contributed by atoms with E-state index in [4.69, 9.17) is 4.74 Å². The second-order valence-electron chi connectivity index (χ2n) is 9.47. The number of amides is 1. The Morgan fingerprint density at radius 3 is 2.71 bits per heavy atom. The first-order chi connectivity index (χ1) is 14.7. The molecule has 1 fully saturated rings. The molecule has 0 saturated heterocycles. The summed E-state index contributed by atoms with van der Waals surface area (Å²) >= 11 is 1.65. The van der Waals surface area contributed by atoms with E-state index >= 15 is 0 Å². The number of carbonyl (C=O) groups excluding carboxylic acids is 1. The third kappa shape index (κ3) is 6.68. The van der Waals surface area contributed by atoms with Crippen LogP contribution in [0.3, 0.4) is 0 Å². The van der Waals surface area contributed by atoms with Gasteiger partial charge in [-0.1, -0.05) is 19.1 Å². The fraction of sp³-hybridized carbons (Fsp3) is 0.583. The third-order valence-electron chi connectivity index (χ3n) is 5.34. The Bertz CT molecular complexity index is 886. The summed E-state index contributed by atoms with van der Waals surface area (Å²) in [5.41, 5.74) is 5.75. The van der Waals surface area contributed by atoms with Crippen molar-refractivity contribution < 1.29 is 14.6 Å². The van der Waals surface area contributed by atoms with Crippen LogP contribution in [-0.2, 0) is 11.3 Å². The topological polar surface area (TPSA) is 74.7 Å². The minimum atomic E-state index is -0.528. The molecule has 6 nitrogen and oxygen atoms in total. The van der Waals surface area contributed by atoms with Crippen molar-refractivity contribution in [1.29, 1.82) is 0 Å². The molecule has 0 radical (unpaired) electrons. The fourth-order valence-corrected chi connectivity index (χ4v) is 4.46. The van der Waals surface area contributed by atoms with E-state index in [-0.39, 0.29) is 6.61 Å². The maximum Gasteiger partial charge on any atom is 0.407 e. The fourth-order valence-electron chi connectivity index (χ4n) is 3.66. The molecule has 0 spiro atoms. The minimum absolute atomic E-state index is 0.201. The Balaban J connectivity index is 1.90. The van der Waals surface area contributed by atoms with Crippen molar-refractivity contribution in [1.82, 2.24) is 10.3 Å². The summed E-state index contributed by atoms with van der Waals surface area (Å²) in [4.78, 5) is 20.3. The molecule has 1 saturated carbocycles. The lowest BCUT2D eigenvalue weighted by Gasteiger charge is -2.30. The molecule has 1 heterocycles. The van der Waals surface area contributed by atoms with Gasteiger partial charge < -0.3 is 20.1 Å². The first-order valence-corrected chi connectivity index (χ1v) is 11.9. The lowest BCUT2D eigenvalue weighted by molar-refractivity contribution is 0.0523. The van der Waals surface area contributed by atoms with E-state index in [2.05, 4.69) is 40.3 Å². The molecular weight excluding hydrogens is 410 g/mol. The number of ether oxygens (including phenoxy) is 1. The monoisotopic (exact) mass is 445 g/mol. The van der Waals surface area contributed by atoms with Crippen LogP contribution in [0.15, 0.2) is 23.7 Å². The molecule has 1 unspecified atom stereocenters. The van der Waals surface area contributed by atoms with Gasteiger partial charge in [0.15, 0.2) is 0 Å². The Kier molecular flexibility index (Phi) is 7.59. The molecule has 1 atom stereocenters. The zero-order valence-corrected chi connectivity index (χ0v) is 20.1. The number of thiazole rings is 1. The summed E-state index contributed by atoms with van der Waals surface area (Å²) in [6.45, 7) is 11.3. The molecular formula is C24H35N3O3S. The van der Waals surface area contributed by atoms with Crippen molar-refractivity contribution in [3.63, 3.8) is 0 Å². The normalized spacial score (nSPS) is 14.9. The van der Waals surface area contributed by atoms with E-state index in [9.17, 15) is 9.90 Å². The van der Waals surface area contributed by atoms with Crippen LogP contribution < -0.4 is 10.2 Å². The number of aliphatic hydroxyl groups excluding tert-OH is 1. The smallest absolute Gasteiger partial charge is 0.407 e. The number of nitrogens with zero attached hydrogens (tertiary/aromatic N) is 2. The van der Waals surface area contributed by atoms with Crippen LogP contribution in [0, 0.1) is 12.8 Å². The molecule has 0 bridgehead atoms. The van der Waals surface area contributed by atoms with Crippen LogP contribution in [0.25, 0.3) is 10.4 Å². The average Bonchev–Trinajstić information content (AvgIpc) is 3.44. The lowest BCUT2D eigenvalue weighted by Crippen LogP contribution is -2.34. The summed E-state index contributed by atoms with van der Waals surface area (Å²) < 4.78 is 5.42. The van der Waals surface area contributed by atoms with Gasteiger partial charge in [-0.2, -0.15) is 0 Å². The van der Waals surface area contributed by atoms with E-state index in [1.807, 2.05) is 33.2 Å². The number of benzene rings is 1. The number of aryl methyl sites for hydroxylation is 1. The molecule has 31 heavy (non-hydrogen) atoms. The summed E-state index contributed by atoms with van der Waals surface area (Å²) in [6, 6.07) is 6.96. The Morgan fingerprint density at radius 2 is 2.13 bits per heavy atom. The van der Waals surface area contributed by atoms with Gasteiger partial charge in [0.05, 0.1) is 16.1 Å². The van der Waals surface area contributed by atoms with E-state index in [1.54, 1.807) is 11.3 Å².